The van der Waals surface area contributed by atoms with Crippen LogP contribution in [0.25, 0.3) is 0 Å². The van der Waals surface area contributed by atoms with Crippen LogP contribution in [0.3, 0.4) is 0 Å². The Labute approximate surface area is 251 Å². The molecule has 0 aliphatic carbocycles. The van der Waals surface area contributed by atoms with Crippen molar-refractivity contribution in [3.63, 3.8) is 0 Å². The molecule has 1 fully saturated rings. The summed E-state index contributed by atoms with van der Waals surface area (Å²) < 4.78 is 39.1. The van der Waals surface area contributed by atoms with Crippen molar-refractivity contribution >= 4 is 33.3 Å². The van der Waals surface area contributed by atoms with Gasteiger partial charge in [0.25, 0.3) is 11.8 Å². The van der Waals surface area contributed by atoms with E-state index in [2.05, 4.69) is 16.0 Å². The van der Waals surface area contributed by atoms with Crippen LogP contribution in [-0.2, 0) is 21.2 Å². The van der Waals surface area contributed by atoms with Crippen LogP contribution in [0.2, 0.25) is 0 Å². The van der Waals surface area contributed by atoms with Crippen molar-refractivity contribution in [1.82, 2.24) is 16.0 Å². The van der Waals surface area contributed by atoms with Crippen molar-refractivity contribution in [3.8, 4) is 0 Å². The van der Waals surface area contributed by atoms with Crippen molar-refractivity contribution in [2.45, 2.75) is 57.3 Å². The van der Waals surface area contributed by atoms with E-state index in [0.717, 1.165) is 22.5 Å². The summed E-state index contributed by atoms with van der Waals surface area (Å²) in [5.41, 5.74) is 1.70. The number of Topliss-reactive ketones (excluding diaryl/α,β-unsaturated/α-hetero) is 1. The van der Waals surface area contributed by atoms with Gasteiger partial charge in [-0.05, 0) is 74.6 Å². The lowest BCUT2D eigenvalue weighted by Crippen LogP contribution is -2.50. The number of rotatable bonds is 11. The molecule has 0 bridgehead atoms. The first-order chi connectivity index (χ1) is 20.3. The quantitative estimate of drug-likeness (QED) is 0.305. The van der Waals surface area contributed by atoms with Crippen molar-refractivity contribution in [3.05, 3.63) is 101 Å². The molecule has 0 unspecified atom stereocenters. The third-order valence-corrected chi connectivity index (χ3v) is 8.88. The van der Waals surface area contributed by atoms with E-state index >= 15 is 0 Å². The van der Waals surface area contributed by atoms with E-state index < -0.39 is 45.8 Å². The highest BCUT2D eigenvalue weighted by atomic mass is 32.2. The van der Waals surface area contributed by atoms with Crippen LogP contribution in [0.5, 0.6) is 0 Å². The Kier molecular flexibility index (Phi) is 9.98. The van der Waals surface area contributed by atoms with Crippen molar-refractivity contribution < 1.29 is 27.2 Å². The molecule has 228 valence electrons. The molecule has 1 saturated heterocycles. The Morgan fingerprint density at radius 1 is 0.953 bits per heavy atom. The summed E-state index contributed by atoms with van der Waals surface area (Å²) in [4.78, 5) is 40.6. The predicted molar refractivity (Wildman–Crippen MR) is 164 cm³/mol. The normalized spacial score (nSPS) is 18.0. The van der Waals surface area contributed by atoms with E-state index in [-0.39, 0.29) is 35.1 Å². The van der Waals surface area contributed by atoms with Gasteiger partial charge in [-0.15, -0.1) is 0 Å². The molecule has 43 heavy (non-hydrogen) atoms. The second-order valence-corrected chi connectivity index (χ2v) is 13.1. The Bertz CT molecular complexity index is 1580. The minimum Gasteiger partial charge on any atom is -0.346 e. The molecule has 3 N–H and O–H groups in total. The Morgan fingerprint density at radius 3 is 2.12 bits per heavy atom. The number of nitrogens with zero attached hydrogens (tertiary/aromatic N) is 1. The molecule has 4 rings (SSSR count). The number of carbonyl (C=O) groups is 3. The highest BCUT2D eigenvalue weighted by molar-refractivity contribution is 7.92. The number of sulfonamides is 1. The number of nitrogens with one attached hydrogen (secondary N) is 3. The van der Waals surface area contributed by atoms with Crippen molar-refractivity contribution in [2.75, 3.05) is 17.6 Å². The second-order valence-electron chi connectivity index (χ2n) is 11.1. The van der Waals surface area contributed by atoms with Crippen molar-refractivity contribution in [2.24, 2.45) is 0 Å². The van der Waals surface area contributed by atoms with Crippen LogP contribution < -0.4 is 20.3 Å². The topological polar surface area (TPSA) is 125 Å². The number of benzene rings is 3. The number of carbonyl (C=O) groups excluding carboxylic acids is 3. The lowest BCUT2D eigenvalue weighted by atomic mass is 9.96. The molecule has 9 nitrogen and oxygen atoms in total. The summed E-state index contributed by atoms with van der Waals surface area (Å²) in [6.07, 6.45) is 2.78. The highest BCUT2D eigenvalue weighted by Gasteiger charge is 2.33. The molecule has 0 spiro atoms. The van der Waals surface area contributed by atoms with Crippen LogP contribution in [-0.4, -0.2) is 57.4 Å². The van der Waals surface area contributed by atoms with Crippen molar-refractivity contribution in [1.29, 1.82) is 0 Å². The summed E-state index contributed by atoms with van der Waals surface area (Å²) in [7, 11) is -2.41. The molecular formula is C32H37FN4O5S. The summed E-state index contributed by atoms with van der Waals surface area (Å²) >= 11 is 0. The van der Waals surface area contributed by atoms with Gasteiger partial charge in [0.2, 0.25) is 10.0 Å². The number of hydrogen-bond donors (Lipinski definition) is 3. The van der Waals surface area contributed by atoms with Gasteiger partial charge >= 0.3 is 0 Å². The predicted octanol–water partition coefficient (Wildman–Crippen LogP) is 3.76. The first-order valence-corrected chi connectivity index (χ1v) is 16.0. The highest BCUT2D eigenvalue weighted by Crippen LogP contribution is 2.23. The SMILES string of the molecule is C[C@H]1CC[C@H](C(=O)[C@H](Cc2ccccc2)NC(=O)c2cc(C(=O)N[C@H](C)c3ccc(F)cc3)cc(N(C)S(C)(=O)=O)c2)N1. The number of ketones is 1. The van der Waals surface area contributed by atoms with Gasteiger partial charge in [-0.25, -0.2) is 12.8 Å². The molecule has 11 heteroatoms. The zero-order chi connectivity index (χ0) is 31.3. The first kappa shape index (κ1) is 31.8. The molecule has 4 atom stereocenters. The maximum Gasteiger partial charge on any atom is 0.251 e. The van der Waals surface area contributed by atoms with Gasteiger partial charge in [0, 0.05) is 24.2 Å². The van der Waals surface area contributed by atoms with Crippen LogP contribution in [0.4, 0.5) is 10.1 Å². The van der Waals surface area contributed by atoms with E-state index in [1.54, 1.807) is 19.1 Å². The van der Waals surface area contributed by atoms with Gasteiger partial charge < -0.3 is 16.0 Å². The number of halogens is 1. The summed E-state index contributed by atoms with van der Waals surface area (Å²) in [5, 5.41) is 8.95. The van der Waals surface area contributed by atoms with Gasteiger partial charge in [0.1, 0.15) is 5.82 Å². The fourth-order valence-electron chi connectivity index (χ4n) is 5.07. The van der Waals surface area contributed by atoms with E-state index in [1.165, 1.54) is 37.4 Å². The first-order valence-electron chi connectivity index (χ1n) is 14.1. The zero-order valence-corrected chi connectivity index (χ0v) is 25.5. The lowest BCUT2D eigenvalue weighted by Gasteiger charge is -2.23. The lowest BCUT2D eigenvalue weighted by molar-refractivity contribution is -0.122. The fraction of sp³-hybridized carbons (Fsp3) is 0.344. The Balaban J connectivity index is 1.64. The summed E-state index contributed by atoms with van der Waals surface area (Å²) in [6, 6.07) is 17.6. The molecule has 0 saturated carbocycles. The minimum atomic E-state index is -3.73. The minimum absolute atomic E-state index is 0.0196. The van der Waals surface area contributed by atoms with Gasteiger partial charge in [0.15, 0.2) is 5.78 Å². The van der Waals surface area contributed by atoms with E-state index in [9.17, 15) is 27.2 Å². The van der Waals surface area contributed by atoms with E-state index in [1.807, 2.05) is 37.3 Å². The third kappa shape index (κ3) is 8.26. The molecule has 0 radical (unpaired) electrons. The van der Waals surface area contributed by atoms with Gasteiger partial charge in [-0.2, -0.15) is 0 Å². The second kappa shape index (κ2) is 13.5. The van der Waals surface area contributed by atoms with Crippen LogP contribution >= 0.6 is 0 Å². The fourth-order valence-corrected chi connectivity index (χ4v) is 5.56. The maximum absolute atomic E-state index is 13.7. The number of hydrogen-bond acceptors (Lipinski definition) is 6. The zero-order valence-electron chi connectivity index (χ0n) is 24.6. The molecule has 2 amide bonds. The third-order valence-electron chi connectivity index (χ3n) is 7.67. The number of anilines is 1. The van der Waals surface area contributed by atoms with Crippen LogP contribution in [0.1, 0.15) is 64.6 Å². The molecule has 1 aliphatic rings. The van der Waals surface area contributed by atoms with Crippen LogP contribution in [0.15, 0.2) is 72.8 Å². The summed E-state index contributed by atoms with van der Waals surface area (Å²) in [5.74, 6) is -1.73. The number of amides is 2. The standard InChI is InChI=1S/C32H37FN4O5S/c1-20-10-15-28(34-20)30(38)29(16-22-8-6-5-7-9-22)36-32(40)25-17-24(18-27(19-25)37(3)43(4,41)42)31(39)35-21(2)23-11-13-26(33)14-12-23/h5-9,11-14,17-21,28-29,34H,10,15-16H2,1-4H3,(H,35,39)(H,36,40)/t20-,21+,28+,29-/m0/s1. The van der Waals surface area contributed by atoms with Gasteiger partial charge in [-0.3, -0.25) is 18.7 Å². The van der Waals surface area contributed by atoms with Crippen LogP contribution in [0, 0.1) is 5.82 Å². The molecule has 0 aromatic heterocycles. The monoisotopic (exact) mass is 608 g/mol. The average Bonchev–Trinajstić information content (AvgIpc) is 3.42. The largest absolute Gasteiger partial charge is 0.346 e. The molecule has 1 aliphatic heterocycles. The average molecular weight is 609 g/mol. The Morgan fingerprint density at radius 2 is 1.56 bits per heavy atom. The molecular weight excluding hydrogens is 571 g/mol. The molecule has 3 aromatic rings. The van der Waals surface area contributed by atoms with Gasteiger partial charge in [0.05, 0.1) is 30.1 Å². The summed E-state index contributed by atoms with van der Waals surface area (Å²) in [6.45, 7) is 3.73. The van der Waals surface area contributed by atoms with E-state index in [4.69, 9.17) is 0 Å². The smallest absolute Gasteiger partial charge is 0.251 e. The van der Waals surface area contributed by atoms with Gasteiger partial charge in [-0.1, -0.05) is 42.5 Å². The molecule has 3 aromatic carbocycles. The Hall–Kier alpha value is -4.09. The maximum atomic E-state index is 13.7. The molecule has 1 heterocycles. The van der Waals surface area contributed by atoms with E-state index in [0.29, 0.717) is 12.0 Å².